The normalized spacial score (nSPS) is 29.3. The van der Waals surface area contributed by atoms with Crippen LogP contribution in [-0.4, -0.2) is 52.4 Å². The van der Waals surface area contributed by atoms with Gasteiger partial charge in [-0.05, 0) is 5.41 Å². The number of amides is 1. The zero-order valence-electron chi connectivity index (χ0n) is 9.47. The number of aliphatic hydroxyl groups excluding tert-OH is 2. The second kappa shape index (κ2) is 4.08. The average molecular weight is 216 g/mol. The van der Waals surface area contributed by atoms with Crippen molar-refractivity contribution >= 4 is 5.91 Å². The number of hydrogen-bond donors (Lipinski definition) is 3. The summed E-state index contributed by atoms with van der Waals surface area (Å²) in [6.07, 6.45) is -1.69. The van der Waals surface area contributed by atoms with E-state index in [1.165, 1.54) is 4.90 Å². The number of nitrogens with zero attached hydrogens (tertiary/aromatic N) is 1. The number of rotatable bonds is 1. The Morgan fingerprint density at radius 2 is 1.73 bits per heavy atom. The lowest BCUT2D eigenvalue weighted by molar-refractivity contribution is -0.134. The number of nitrogens with two attached hydrogens (primary N) is 1. The molecule has 3 atom stereocenters. The second-order valence-electron chi connectivity index (χ2n) is 5.22. The van der Waals surface area contributed by atoms with Crippen molar-refractivity contribution < 1.29 is 15.0 Å². The van der Waals surface area contributed by atoms with Gasteiger partial charge in [0.1, 0.15) is 0 Å². The molecule has 15 heavy (non-hydrogen) atoms. The van der Waals surface area contributed by atoms with Gasteiger partial charge in [0.15, 0.2) is 0 Å². The largest absolute Gasteiger partial charge is 0.388 e. The van der Waals surface area contributed by atoms with Crippen LogP contribution < -0.4 is 5.73 Å². The molecule has 0 aliphatic carbocycles. The van der Waals surface area contributed by atoms with Gasteiger partial charge in [-0.1, -0.05) is 20.8 Å². The predicted molar refractivity (Wildman–Crippen MR) is 56.0 cm³/mol. The van der Waals surface area contributed by atoms with Crippen LogP contribution in [0.3, 0.4) is 0 Å². The topological polar surface area (TPSA) is 86.8 Å². The Hall–Kier alpha value is -0.650. The van der Waals surface area contributed by atoms with E-state index in [-0.39, 0.29) is 24.4 Å². The fourth-order valence-corrected chi connectivity index (χ4v) is 1.52. The third-order valence-electron chi connectivity index (χ3n) is 2.77. The maximum Gasteiger partial charge on any atom is 0.240 e. The summed E-state index contributed by atoms with van der Waals surface area (Å²) in [4.78, 5) is 13.3. The molecule has 0 unspecified atom stereocenters. The molecule has 1 fully saturated rings. The molecule has 1 rings (SSSR count). The number of carbonyl (C=O) groups is 1. The third kappa shape index (κ3) is 2.68. The third-order valence-corrected chi connectivity index (χ3v) is 2.77. The van der Waals surface area contributed by atoms with E-state index in [4.69, 9.17) is 5.73 Å². The van der Waals surface area contributed by atoms with Crippen molar-refractivity contribution in [1.29, 1.82) is 0 Å². The van der Waals surface area contributed by atoms with E-state index in [2.05, 4.69) is 0 Å². The van der Waals surface area contributed by atoms with Crippen LogP contribution in [-0.2, 0) is 4.79 Å². The Kier molecular flexibility index (Phi) is 3.38. The fraction of sp³-hybridized carbons (Fsp3) is 0.900. The molecule has 4 N–H and O–H groups in total. The van der Waals surface area contributed by atoms with Gasteiger partial charge in [-0.3, -0.25) is 4.79 Å². The smallest absolute Gasteiger partial charge is 0.240 e. The molecule has 5 nitrogen and oxygen atoms in total. The lowest BCUT2D eigenvalue weighted by Gasteiger charge is -2.29. The molecule has 1 aliphatic rings. The van der Waals surface area contributed by atoms with Crippen LogP contribution in [0.25, 0.3) is 0 Å². The summed E-state index contributed by atoms with van der Waals surface area (Å²) in [5.74, 6) is -0.210. The van der Waals surface area contributed by atoms with Gasteiger partial charge in [0.05, 0.1) is 18.2 Å². The lowest BCUT2D eigenvalue weighted by atomic mass is 9.86. The summed E-state index contributed by atoms with van der Waals surface area (Å²) in [7, 11) is 0. The molecule has 88 valence electrons. The molecular weight excluding hydrogens is 196 g/mol. The number of aliphatic hydroxyl groups is 2. The standard InChI is InChI=1S/C10H20N2O3/c1-10(2,3)8(11)9(15)12-4-6(13)7(14)5-12/h6-8,13-14H,4-5,11H2,1-3H3/t6-,7+,8-/m1/s1. The van der Waals surface area contributed by atoms with Crippen molar-refractivity contribution in [2.24, 2.45) is 11.1 Å². The number of carbonyl (C=O) groups excluding carboxylic acids is 1. The molecule has 0 radical (unpaired) electrons. The Balaban J connectivity index is 2.63. The fourth-order valence-electron chi connectivity index (χ4n) is 1.52. The van der Waals surface area contributed by atoms with Crippen LogP contribution in [0.15, 0.2) is 0 Å². The van der Waals surface area contributed by atoms with Crippen LogP contribution in [0.4, 0.5) is 0 Å². The van der Waals surface area contributed by atoms with E-state index in [9.17, 15) is 15.0 Å². The van der Waals surface area contributed by atoms with Crippen molar-refractivity contribution in [3.63, 3.8) is 0 Å². The highest BCUT2D eigenvalue weighted by Crippen LogP contribution is 2.21. The predicted octanol–water partition coefficient (Wildman–Crippen LogP) is -1.08. The highest BCUT2D eigenvalue weighted by molar-refractivity contribution is 5.82. The van der Waals surface area contributed by atoms with Crippen molar-refractivity contribution in [2.75, 3.05) is 13.1 Å². The first-order valence-corrected chi connectivity index (χ1v) is 5.14. The van der Waals surface area contributed by atoms with Gasteiger partial charge in [-0.25, -0.2) is 0 Å². The summed E-state index contributed by atoms with van der Waals surface area (Å²) in [6, 6.07) is -0.602. The van der Waals surface area contributed by atoms with Gasteiger partial charge in [-0.15, -0.1) is 0 Å². The van der Waals surface area contributed by atoms with Crippen LogP contribution in [0.2, 0.25) is 0 Å². The monoisotopic (exact) mass is 216 g/mol. The first-order chi connectivity index (χ1) is 6.73. The number of hydrogen-bond acceptors (Lipinski definition) is 4. The summed E-state index contributed by atoms with van der Waals surface area (Å²) in [6.45, 7) is 6.00. The van der Waals surface area contributed by atoms with Crippen molar-refractivity contribution in [2.45, 2.75) is 39.0 Å². The Labute approximate surface area is 89.9 Å². The van der Waals surface area contributed by atoms with Crippen LogP contribution >= 0.6 is 0 Å². The molecule has 1 aliphatic heterocycles. The Morgan fingerprint density at radius 3 is 2.07 bits per heavy atom. The molecule has 1 amide bonds. The van der Waals surface area contributed by atoms with E-state index < -0.39 is 18.2 Å². The summed E-state index contributed by atoms with van der Waals surface area (Å²) >= 11 is 0. The zero-order chi connectivity index (χ0) is 11.8. The minimum atomic E-state index is -0.846. The van der Waals surface area contributed by atoms with Crippen molar-refractivity contribution in [1.82, 2.24) is 4.90 Å². The first-order valence-electron chi connectivity index (χ1n) is 5.14. The first kappa shape index (κ1) is 12.4. The van der Waals surface area contributed by atoms with Crippen LogP contribution in [0.1, 0.15) is 20.8 Å². The Morgan fingerprint density at radius 1 is 1.33 bits per heavy atom. The molecule has 0 bridgehead atoms. The van der Waals surface area contributed by atoms with Gasteiger partial charge >= 0.3 is 0 Å². The van der Waals surface area contributed by atoms with Gasteiger partial charge in [0.2, 0.25) is 5.91 Å². The van der Waals surface area contributed by atoms with Gasteiger partial charge in [-0.2, -0.15) is 0 Å². The van der Waals surface area contributed by atoms with Gasteiger partial charge in [0.25, 0.3) is 0 Å². The summed E-state index contributed by atoms with van der Waals surface area (Å²) in [5.41, 5.74) is 5.50. The van der Waals surface area contributed by atoms with Crippen molar-refractivity contribution in [3.8, 4) is 0 Å². The highest BCUT2D eigenvalue weighted by atomic mass is 16.3. The lowest BCUT2D eigenvalue weighted by Crippen LogP contribution is -2.50. The minimum Gasteiger partial charge on any atom is -0.388 e. The molecule has 5 heteroatoms. The molecular formula is C10H20N2O3. The molecule has 0 aromatic heterocycles. The summed E-state index contributed by atoms with van der Waals surface area (Å²) < 4.78 is 0. The maximum absolute atomic E-state index is 11.9. The molecule has 0 saturated carbocycles. The molecule has 0 aromatic carbocycles. The Bertz CT molecular complexity index is 240. The number of likely N-dealkylation sites (tertiary alicyclic amines) is 1. The average Bonchev–Trinajstić information content (AvgIpc) is 2.43. The molecule has 1 heterocycles. The van der Waals surface area contributed by atoms with Crippen LogP contribution in [0.5, 0.6) is 0 Å². The molecule has 0 spiro atoms. The van der Waals surface area contributed by atoms with E-state index >= 15 is 0 Å². The molecule has 1 saturated heterocycles. The van der Waals surface area contributed by atoms with Crippen LogP contribution in [0, 0.1) is 5.41 Å². The minimum absolute atomic E-state index is 0.170. The van der Waals surface area contributed by atoms with E-state index in [1.54, 1.807) is 0 Å². The van der Waals surface area contributed by atoms with Gasteiger partial charge < -0.3 is 20.8 Å². The highest BCUT2D eigenvalue weighted by Gasteiger charge is 2.37. The SMILES string of the molecule is CC(C)(C)[C@H](N)C(=O)N1C[C@@H](O)[C@@H](O)C1. The summed E-state index contributed by atoms with van der Waals surface area (Å²) in [5, 5.41) is 18.6. The maximum atomic E-state index is 11.9. The number of β-amino-alcohol motifs (C(OH)–C–C–N with tert-alkyl or cyclic N) is 2. The van der Waals surface area contributed by atoms with E-state index in [0.717, 1.165) is 0 Å². The quantitative estimate of drug-likeness (QED) is 0.520. The van der Waals surface area contributed by atoms with Gasteiger partial charge in [0, 0.05) is 13.1 Å². The second-order valence-corrected chi connectivity index (χ2v) is 5.22. The van der Waals surface area contributed by atoms with E-state index in [0.29, 0.717) is 0 Å². The zero-order valence-corrected chi connectivity index (χ0v) is 9.47. The van der Waals surface area contributed by atoms with Crippen molar-refractivity contribution in [3.05, 3.63) is 0 Å². The molecule has 0 aromatic rings. The van der Waals surface area contributed by atoms with E-state index in [1.807, 2.05) is 20.8 Å².